The van der Waals surface area contributed by atoms with E-state index >= 15 is 0 Å². The molecule has 0 saturated carbocycles. The van der Waals surface area contributed by atoms with Crippen molar-refractivity contribution in [3.8, 4) is 0 Å². The van der Waals surface area contributed by atoms with Crippen LogP contribution in [0.15, 0.2) is 79.4 Å². The molecule has 3 aromatic rings. The summed E-state index contributed by atoms with van der Waals surface area (Å²) < 4.78 is 38.8. The largest absolute Gasteiger partial charge is 0.416 e. The Balaban J connectivity index is 1.53. The highest BCUT2D eigenvalue weighted by Gasteiger charge is 2.30. The number of halogens is 3. The molecule has 0 saturated heterocycles. The fourth-order valence-electron chi connectivity index (χ4n) is 4.20. The van der Waals surface area contributed by atoms with Gasteiger partial charge in [0.2, 0.25) is 5.91 Å². The maximum Gasteiger partial charge on any atom is 0.416 e. The second-order valence-electron chi connectivity index (χ2n) is 8.27. The minimum absolute atomic E-state index is 0.146. The van der Waals surface area contributed by atoms with Crippen LogP contribution in [0, 0.1) is 0 Å². The Morgan fingerprint density at radius 2 is 1.77 bits per heavy atom. The highest BCUT2D eigenvalue weighted by molar-refractivity contribution is 6.00. The summed E-state index contributed by atoms with van der Waals surface area (Å²) in [4.78, 5) is 28.3. The van der Waals surface area contributed by atoms with E-state index < -0.39 is 11.7 Å². The molecule has 180 valence electrons. The van der Waals surface area contributed by atoms with Crippen molar-refractivity contribution in [3.05, 3.63) is 102 Å². The molecular formula is C27H24F3N3O2. The van der Waals surface area contributed by atoms with Crippen molar-refractivity contribution in [2.45, 2.75) is 19.1 Å². The fourth-order valence-corrected chi connectivity index (χ4v) is 4.20. The van der Waals surface area contributed by atoms with Crippen LogP contribution in [0.4, 0.5) is 30.2 Å². The molecule has 8 heteroatoms. The molecule has 0 unspecified atom stereocenters. The van der Waals surface area contributed by atoms with E-state index in [4.69, 9.17) is 0 Å². The molecule has 0 radical (unpaired) electrons. The molecule has 1 aliphatic rings. The van der Waals surface area contributed by atoms with Crippen molar-refractivity contribution < 1.29 is 22.8 Å². The molecule has 4 rings (SSSR count). The van der Waals surface area contributed by atoms with E-state index in [0.29, 0.717) is 36.4 Å². The molecule has 0 atom stereocenters. The van der Waals surface area contributed by atoms with E-state index in [1.807, 2.05) is 30.1 Å². The molecule has 1 heterocycles. The fraction of sp³-hybridized carbons (Fsp3) is 0.185. The summed E-state index contributed by atoms with van der Waals surface area (Å²) in [5.74, 6) is -0.502. The van der Waals surface area contributed by atoms with Crippen molar-refractivity contribution in [3.63, 3.8) is 0 Å². The Morgan fingerprint density at radius 3 is 2.46 bits per heavy atom. The molecule has 35 heavy (non-hydrogen) atoms. The predicted molar refractivity (Wildman–Crippen MR) is 130 cm³/mol. The maximum atomic E-state index is 13.2. The van der Waals surface area contributed by atoms with E-state index in [-0.39, 0.29) is 11.8 Å². The van der Waals surface area contributed by atoms with E-state index in [2.05, 4.69) is 11.9 Å². The van der Waals surface area contributed by atoms with Gasteiger partial charge in [-0.05, 0) is 72.2 Å². The number of fused-ring (bicyclic) bond motifs is 1. The molecule has 0 fully saturated rings. The van der Waals surface area contributed by atoms with Crippen LogP contribution in [-0.4, -0.2) is 30.3 Å². The second-order valence-corrected chi connectivity index (χ2v) is 8.27. The average Bonchev–Trinajstić information content (AvgIpc) is 2.86. The van der Waals surface area contributed by atoms with Gasteiger partial charge in [-0.15, -0.1) is 0 Å². The van der Waals surface area contributed by atoms with Gasteiger partial charge in [-0.3, -0.25) is 9.59 Å². The number of nitrogens with one attached hydrogen (secondary N) is 1. The first-order valence-corrected chi connectivity index (χ1v) is 11.0. The van der Waals surface area contributed by atoms with Gasteiger partial charge < -0.3 is 15.1 Å². The lowest BCUT2D eigenvalue weighted by Gasteiger charge is -2.32. The first kappa shape index (κ1) is 24.1. The molecule has 3 aromatic carbocycles. The number of hydrogen-bond acceptors (Lipinski definition) is 3. The highest BCUT2D eigenvalue weighted by atomic mass is 19.4. The summed E-state index contributed by atoms with van der Waals surface area (Å²) >= 11 is 0. The van der Waals surface area contributed by atoms with Crippen LogP contribution in [-0.2, 0) is 23.9 Å². The van der Waals surface area contributed by atoms with Crippen LogP contribution in [0.1, 0.15) is 27.0 Å². The number of carbonyl (C=O) groups excluding carboxylic acids is 2. The van der Waals surface area contributed by atoms with Crippen LogP contribution in [0.5, 0.6) is 0 Å². The summed E-state index contributed by atoms with van der Waals surface area (Å²) in [6.45, 7) is 4.33. The molecule has 0 bridgehead atoms. The summed E-state index contributed by atoms with van der Waals surface area (Å²) in [6, 6.07) is 17.6. The molecule has 0 aromatic heterocycles. The standard InChI is InChI=1S/C27H24F3N3O2/c1-3-25(34)31-21-8-4-6-18(16-21)26(35)33-15-14-23-19(17-33)7-5-9-24(23)32(2)22-12-10-20(11-13-22)27(28,29)30/h3-13,16H,1,14-15,17H2,2H3,(H,31,34). The molecule has 0 aliphatic carbocycles. The zero-order chi connectivity index (χ0) is 25.2. The van der Waals surface area contributed by atoms with Crippen LogP contribution >= 0.6 is 0 Å². The Labute approximate surface area is 201 Å². The topological polar surface area (TPSA) is 52.7 Å². The zero-order valence-electron chi connectivity index (χ0n) is 19.1. The summed E-state index contributed by atoms with van der Waals surface area (Å²) in [7, 11) is 1.82. The van der Waals surface area contributed by atoms with Crippen molar-refractivity contribution in [1.29, 1.82) is 0 Å². The van der Waals surface area contributed by atoms with Gasteiger partial charge >= 0.3 is 6.18 Å². The second kappa shape index (κ2) is 9.66. The lowest BCUT2D eigenvalue weighted by molar-refractivity contribution is -0.137. The third-order valence-electron chi connectivity index (χ3n) is 6.03. The normalized spacial score (nSPS) is 13.1. The van der Waals surface area contributed by atoms with E-state index in [0.717, 1.165) is 35.0 Å². The van der Waals surface area contributed by atoms with Crippen LogP contribution in [0.25, 0.3) is 0 Å². The van der Waals surface area contributed by atoms with E-state index in [1.165, 1.54) is 12.1 Å². The van der Waals surface area contributed by atoms with Crippen LogP contribution in [0.2, 0.25) is 0 Å². The molecular weight excluding hydrogens is 455 g/mol. The summed E-state index contributed by atoms with van der Waals surface area (Å²) in [5, 5.41) is 2.66. The quantitative estimate of drug-likeness (QED) is 0.471. The van der Waals surface area contributed by atoms with Crippen LogP contribution < -0.4 is 10.2 Å². The van der Waals surface area contributed by atoms with Crippen molar-refractivity contribution in [2.75, 3.05) is 23.8 Å². The number of anilines is 3. The summed E-state index contributed by atoms with van der Waals surface area (Å²) in [6.07, 6.45) is -2.61. The minimum Gasteiger partial charge on any atom is -0.344 e. The lowest BCUT2D eigenvalue weighted by atomic mass is 9.96. The number of amides is 2. The van der Waals surface area contributed by atoms with Gasteiger partial charge in [0.15, 0.2) is 0 Å². The SMILES string of the molecule is C=CC(=O)Nc1cccc(C(=O)N2CCc3c(cccc3N(C)c3ccc(C(F)(F)F)cc3)C2)c1. The minimum atomic E-state index is -4.38. The molecule has 1 aliphatic heterocycles. The van der Waals surface area contributed by atoms with Crippen molar-refractivity contribution >= 4 is 28.9 Å². The van der Waals surface area contributed by atoms with Gasteiger partial charge in [0.1, 0.15) is 0 Å². The lowest BCUT2D eigenvalue weighted by Crippen LogP contribution is -2.36. The molecule has 0 spiro atoms. The highest BCUT2D eigenvalue weighted by Crippen LogP contribution is 2.35. The monoisotopic (exact) mass is 479 g/mol. The van der Waals surface area contributed by atoms with Crippen molar-refractivity contribution in [1.82, 2.24) is 4.90 Å². The Bertz CT molecular complexity index is 1270. The molecule has 1 N–H and O–H groups in total. The number of hydrogen-bond donors (Lipinski definition) is 1. The smallest absolute Gasteiger partial charge is 0.344 e. The van der Waals surface area contributed by atoms with Crippen LogP contribution in [0.3, 0.4) is 0 Å². The Kier molecular flexibility index (Phi) is 6.64. The number of rotatable bonds is 5. The number of nitrogens with zero attached hydrogens (tertiary/aromatic N) is 2. The summed E-state index contributed by atoms with van der Waals surface area (Å²) in [5.41, 5.74) is 3.87. The molecule has 5 nitrogen and oxygen atoms in total. The van der Waals surface area contributed by atoms with Gasteiger partial charge in [-0.2, -0.15) is 13.2 Å². The third-order valence-corrected chi connectivity index (χ3v) is 6.03. The predicted octanol–water partition coefficient (Wildman–Crippen LogP) is 5.80. The zero-order valence-corrected chi connectivity index (χ0v) is 19.1. The van der Waals surface area contributed by atoms with Crippen molar-refractivity contribution in [2.24, 2.45) is 0 Å². The Hall–Kier alpha value is -4.07. The average molecular weight is 480 g/mol. The van der Waals surface area contributed by atoms with Gasteiger partial charge in [0.05, 0.1) is 5.56 Å². The number of benzene rings is 3. The maximum absolute atomic E-state index is 13.2. The van der Waals surface area contributed by atoms with Gasteiger partial charge in [0.25, 0.3) is 5.91 Å². The van der Waals surface area contributed by atoms with Gasteiger partial charge in [0, 0.05) is 42.8 Å². The number of alkyl halides is 3. The number of carbonyl (C=O) groups is 2. The van der Waals surface area contributed by atoms with E-state index in [9.17, 15) is 22.8 Å². The van der Waals surface area contributed by atoms with Gasteiger partial charge in [-0.25, -0.2) is 0 Å². The van der Waals surface area contributed by atoms with Gasteiger partial charge in [-0.1, -0.05) is 24.8 Å². The first-order valence-electron chi connectivity index (χ1n) is 11.0. The molecule has 2 amide bonds. The third kappa shape index (κ3) is 5.21. The first-order chi connectivity index (χ1) is 16.7. The Morgan fingerprint density at radius 1 is 1.06 bits per heavy atom. The van der Waals surface area contributed by atoms with E-state index in [1.54, 1.807) is 29.2 Å².